The van der Waals surface area contributed by atoms with Crippen LogP contribution in [0.4, 0.5) is 5.69 Å². The number of ether oxygens (including phenoxy) is 1. The van der Waals surface area contributed by atoms with Crippen molar-refractivity contribution in [2.24, 2.45) is 5.10 Å². The number of hydrogen-bond acceptors (Lipinski definition) is 4. The molecule has 1 aliphatic rings. The molecule has 30 heavy (non-hydrogen) atoms. The van der Waals surface area contributed by atoms with Crippen LogP contribution >= 0.6 is 11.6 Å². The first-order valence-electron chi connectivity index (χ1n) is 9.26. The summed E-state index contributed by atoms with van der Waals surface area (Å²) in [5, 5.41) is 6.07. The number of para-hydroxylation sites is 1. The molecular formula is C24H17ClN2O3. The number of hydrogen-bond donors (Lipinski definition) is 0. The summed E-state index contributed by atoms with van der Waals surface area (Å²) in [5.74, 6) is -0.401. The molecule has 1 amide bonds. The molecule has 3 aromatic carbocycles. The highest BCUT2D eigenvalue weighted by molar-refractivity contribution is 6.33. The number of carbonyl (C=O) groups excluding carboxylic acids is 2. The molecule has 5 nitrogen and oxygen atoms in total. The quantitative estimate of drug-likeness (QED) is 0.326. The number of hydrazone groups is 1. The summed E-state index contributed by atoms with van der Waals surface area (Å²) >= 11 is 6.06. The minimum Gasteiger partial charge on any atom is -0.423 e. The molecule has 148 valence electrons. The normalized spacial score (nSPS) is 14.7. The van der Waals surface area contributed by atoms with Gasteiger partial charge in [-0.05, 0) is 55.0 Å². The van der Waals surface area contributed by atoms with Crippen LogP contribution in [0.1, 0.15) is 22.8 Å². The molecule has 1 heterocycles. The largest absolute Gasteiger partial charge is 0.423 e. The van der Waals surface area contributed by atoms with Gasteiger partial charge in [-0.3, -0.25) is 4.79 Å². The summed E-state index contributed by atoms with van der Waals surface area (Å²) in [4.78, 5) is 25.2. The summed E-state index contributed by atoms with van der Waals surface area (Å²) in [7, 11) is 0. The molecule has 1 aliphatic heterocycles. The second-order valence-electron chi connectivity index (χ2n) is 6.64. The molecule has 0 spiro atoms. The lowest BCUT2D eigenvalue weighted by Gasteiger charge is -2.11. The maximum atomic E-state index is 12.8. The van der Waals surface area contributed by atoms with Gasteiger partial charge in [-0.1, -0.05) is 54.1 Å². The van der Waals surface area contributed by atoms with E-state index in [0.717, 1.165) is 0 Å². The predicted molar refractivity (Wildman–Crippen MR) is 118 cm³/mol. The van der Waals surface area contributed by atoms with Gasteiger partial charge in [0.2, 0.25) is 0 Å². The Morgan fingerprint density at radius 2 is 1.73 bits per heavy atom. The van der Waals surface area contributed by atoms with Crippen molar-refractivity contribution in [1.82, 2.24) is 0 Å². The van der Waals surface area contributed by atoms with Crippen molar-refractivity contribution in [3.8, 4) is 5.75 Å². The topological polar surface area (TPSA) is 59.0 Å². The highest BCUT2D eigenvalue weighted by Crippen LogP contribution is 2.26. The number of nitrogens with zero attached hydrogens (tertiary/aromatic N) is 2. The summed E-state index contributed by atoms with van der Waals surface area (Å²) < 4.78 is 5.45. The van der Waals surface area contributed by atoms with Crippen molar-refractivity contribution in [1.29, 1.82) is 0 Å². The standard InChI is InChI=1S/C24H17ClN2O3/c1-16-21(23(28)27(26-16)18-9-3-2-4-10-18)15-17-8-7-11-19(14-17)30-24(29)20-12-5-6-13-22(20)25/h2-15H,1H3. The lowest BCUT2D eigenvalue weighted by atomic mass is 10.1. The Morgan fingerprint density at radius 3 is 2.50 bits per heavy atom. The Balaban J connectivity index is 1.57. The van der Waals surface area contributed by atoms with Gasteiger partial charge in [0.05, 0.1) is 27.6 Å². The second kappa shape index (κ2) is 8.35. The van der Waals surface area contributed by atoms with Crippen LogP contribution in [0.5, 0.6) is 5.75 Å². The molecule has 0 N–H and O–H groups in total. The first-order valence-corrected chi connectivity index (χ1v) is 9.64. The van der Waals surface area contributed by atoms with Gasteiger partial charge in [0.15, 0.2) is 0 Å². The van der Waals surface area contributed by atoms with Gasteiger partial charge in [-0.2, -0.15) is 10.1 Å². The first-order chi connectivity index (χ1) is 14.5. The molecule has 0 atom stereocenters. The molecule has 0 bridgehead atoms. The van der Waals surface area contributed by atoms with E-state index in [1.807, 2.05) is 36.4 Å². The summed E-state index contributed by atoms with van der Waals surface area (Å²) in [6.45, 7) is 1.79. The number of amides is 1. The van der Waals surface area contributed by atoms with Gasteiger partial charge in [0.1, 0.15) is 5.75 Å². The molecule has 0 saturated carbocycles. The van der Waals surface area contributed by atoms with Crippen molar-refractivity contribution in [3.63, 3.8) is 0 Å². The SMILES string of the molecule is CC1=NN(c2ccccc2)C(=O)C1=Cc1cccc(OC(=O)c2ccccc2Cl)c1. The minimum absolute atomic E-state index is 0.211. The number of anilines is 1. The molecule has 4 rings (SSSR count). The summed E-state index contributed by atoms with van der Waals surface area (Å²) in [6.07, 6.45) is 1.73. The van der Waals surface area contributed by atoms with E-state index in [1.54, 1.807) is 55.5 Å². The van der Waals surface area contributed by atoms with Crippen LogP contribution < -0.4 is 9.75 Å². The van der Waals surface area contributed by atoms with E-state index in [4.69, 9.17) is 16.3 Å². The van der Waals surface area contributed by atoms with Gasteiger partial charge in [0, 0.05) is 0 Å². The number of benzene rings is 3. The third kappa shape index (κ3) is 4.02. The summed E-state index contributed by atoms with van der Waals surface area (Å²) in [6, 6.07) is 22.9. The fourth-order valence-corrected chi connectivity index (χ4v) is 3.26. The fourth-order valence-electron chi connectivity index (χ4n) is 3.05. The lowest BCUT2D eigenvalue weighted by molar-refractivity contribution is -0.114. The van der Waals surface area contributed by atoms with Crippen molar-refractivity contribution >= 4 is 41.0 Å². The molecule has 0 saturated heterocycles. The lowest BCUT2D eigenvalue weighted by Crippen LogP contribution is -2.21. The molecule has 0 fully saturated rings. The van der Waals surface area contributed by atoms with E-state index in [9.17, 15) is 9.59 Å². The zero-order valence-electron chi connectivity index (χ0n) is 16.1. The molecule has 6 heteroatoms. The van der Waals surface area contributed by atoms with Crippen LogP contribution in [0.15, 0.2) is 89.5 Å². The van der Waals surface area contributed by atoms with Crippen LogP contribution in [0.2, 0.25) is 5.02 Å². The molecule has 0 aromatic heterocycles. The number of halogens is 1. The molecular weight excluding hydrogens is 400 g/mol. The average molecular weight is 417 g/mol. The third-order valence-corrected chi connectivity index (χ3v) is 4.87. The first kappa shape index (κ1) is 19.6. The maximum Gasteiger partial charge on any atom is 0.345 e. The number of rotatable bonds is 4. The van der Waals surface area contributed by atoms with Gasteiger partial charge >= 0.3 is 5.97 Å². The van der Waals surface area contributed by atoms with E-state index in [2.05, 4.69) is 5.10 Å². The smallest absolute Gasteiger partial charge is 0.345 e. The zero-order valence-corrected chi connectivity index (χ0v) is 16.8. The van der Waals surface area contributed by atoms with Gasteiger partial charge in [0.25, 0.3) is 5.91 Å². The van der Waals surface area contributed by atoms with Gasteiger partial charge in [-0.15, -0.1) is 0 Å². The van der Waals surface area contributed by atoms with Crippen molar-refractivity contribution in [3.05, 3.63) is 101 Å². The summed E-state index contributed by atoms with van der Waals surface area (Å²) in [5.41, 5.74) is 2.80. The molecule has 0 aliphatic carbocycles. The van der Waals surface area contributed by atoms with Gasteiger partial charge in [-0.25, -0.2) is 4.79 Å². The van der Waals surface area contributed by atoms with Crippen LogP contribution in [0.25, 0.3) is 6.08 Å². The van der Waals surface area contributed by atoms with Crippen molar-refractivity contribution in [2.75, 3.05) is 5.01 Å². The Hall–Kier alpha value is -3.70. The van der Waals surface area contributed by atoms with Gasteiger partial charge < -0.3 is 4.74 Å². The highest BCUT2D eigenvalue weighted by Gasteiger charge is 2.28. The molecule has 0 radical (unpaired) electrons. The Kier molecular flexibility index (Phi) is 5.46. The van der Waals surface area contributed by atoms with Crippen LogP contribution in [0.3, 0.4) is 0 Å². The van der Waals surface area contributed by atoms with E-state index in [1.165, 1.54) is 5.01 Å². The minimum atomic E-state index is -0.546. The van der Waals surface area contributed by atoms with Crippen molar-refractivity contribution in [2.45, 2.75) is 6.92 Å². The average Bonchev–Trinajstić information content (AvgIpc) is 3.03. The third-order valence-electron chi connectivity index (χ3n) is 4.54. The second-order valence-corrected chi connectivity index (χ2v) is 7.04. The Labute approximate surface area is 178 Å². The highest BCUT2D eigenvalue weighted by atomic mass is 35.5. The monoisotopic (exact) mass is 416 g/mol. The zero-order chi connectivity index (χ0) is 21.1. The fraction of sp³-hybridized carbons (Fsp3) is 0.0417. The van der Waals surface area contributed by atoms with E-state index in [-0.39, 0.29) is 11.5 Å². The van der Waals surface area contributed by atoms with E-state index >= 15 is 0 Å². The Bertz CT molecular complexity index is 1190. The predicted octanol–water partition coefficient (Wildman–Crippen LogP) is 5.37. The molecule has 0 unspecified atom stereocenters. The maximum absolute atomic E-state index is 12.8. The van der Waals surface area contributed by atoms with E-state index in [0.29, 0.717) is 33.3 Å². The number of carbonyl (C=O) groups is 2. The van der Waals surface area contributed by atoms with Crippen molar-refractivity contribution < 1.29 is 14.3 Å². The Morgan fingerprint density at radius 1 is 1.00 bits per heavy atom. The van der Waals surface area contributed by atoms with Crippen LogP contribution in [-0.4, -0.2) is 17.6 Å². The van der Waals surface area contributed by atoms with Crippen LogP contribution in [0, 0.1) is 0 Å². The van der Waals surface area contributed by atoms with E-state index < -0.39 is 5.97 Å². The number of esters is 1. The molecule has 3 aromatic rings. The van der Waals surface area contributed by atoms with Crippen LogP contribution in [-0.2, 0) is 4.79 Å².